The molecule has 0 saturated carbocycles. The van der Waals surface area contributed by atoms with Crippen molar-refractivity contribution >= 4 is 34.8 Å². The summed E-state index contributed by atoms with van der Waals surface area (Å²) in [5.74, 6) is -1.89. The van der Waals surface area contributed by atoms with Gasteiger partial charge in [0.15, 0.2) is 0 Å². The predicted molar refractivity (Wildman–Crippen MR) is 103 cm³/mol. The maximum absolute atomic E-state index is 12.2. The van der Waals surface area contributed by atoms with Gasteiger partial charge in [0.05, 0.1) is 18.7 Å². The second-order valence-electron chi connectivity index (χ2n) is 6.20. The first-order chi connectivity index (χ1) is 13.1. The van der Waals surface area contributed by atoms with Crippen LogP contribution in [-0.2, 0) is 14.3 Å². The number of nitrogens with one attached hydrogen (secondary N) is 2. The van der Waals surface area contributed by atoms with Gasteiger partial charge in [0.1, 0.15) is 0 Å². The zero-order valence-corrected chi connectivity index (χ0v) is 15.8. The molecule has 2 amide bonds. The van der Waals surface area contributed by atoms with Crippen molar-refractivity contribution in [3.05, 3.63) is 52.2 Å². The van der Waals surface area contributed by atoms with E-state index in [4.69, 9.17) is 0 Å². The lowest BCUT2D eigenvalue weighted by Crippen LogP contribution is -2.46. The summed E-state index contributed by atoms with van der Waals surface area (Å²) < 4.78 is 4.62. The summed E-state index contributed by atoms with van der Waals surface area (Å²) in [5.41, 5.74) is 1.95. The molecule has 142 valence electrons. The van der Waals surface area contributed by atoms with Crippen LogP contribution in [0.3, 0.4) is 0 Å². The molecule has 1 aromatic heterocycles. The fraction of sp³-hybridized carbons (Fsp3) is 0.316. The van der Waals surface area contributed by atoms with E-state index in [1.807, 2.05) is 11.4 Å². The Morgan fingerprint density at radius 2 is 1.89 bits per heavy atom. The smallest absolute Gasteiger partial charge is 0.337 e. The van der Waals surface area contributed by atoms with E-state index in [0.29, 0.717) is 17.8 Å². The van der Waals surface area contributed by atoms with Crippen LogP contribution in [0.2, 0.25) is 0 Å². The van der Waals surface area contributed by atoms with Gasteiger partial charge >= 0.3 is 17.8 Å². The van der Waals surface area contributed by atoms with E-state index in [0.717, 1.165) is 25.1 Å². The van der Waals surface area contributed by atoms with Crippen LogP contribution in [0, 0.1) is 0 Å². The number of anilines is 1. The molecule has 2 aromatic rings. The average molecular weight is 387 g/mol. The third-order valence-corrected chi connectivity index (χ3v) is 5.19. The van der Waals surface area contributed by atoms with Gasteiger partial charge in [0.2, 0.25) is 0 Å². The van der Waals surface area contributed by atoms with Gasteiger partial charge in [-0.25, -0.2) is 4.79 Å². The fourth-order valence-corrected chi connectivity index (χ4v) is 3.55. The van der Waals surface area contributed by atoms with Crippen molar-refractivity contribution in [1.29, 1.82) is 0 Å². The number of methoxy groups -OCH3 is 1. The van der Waals surface area contributed by atoms with Crippen LogP contribution in [0.1, 0.15) is 28.4 Å². The topological polar surface area (TPSA) is 87.7 Å². The average Bonchev–Trinajstić information content (AvgIpc) is 3.17. The van der Waals surface area contributed by atoms with Crippen LogP contribution in [0.25, 0.3) is 0 Å². The SMILES string of the molecule is COC(=O)c1ccc(NC(=O)C(=O)NC[C@@H](c2ccsc2)N2CCC2)cc1. The molecule has 1 atom stereocenters. The van der Waals surface area contributed by atoms with E-state index < -0.39 is 17.8 Å². The number of hydrogen-bond donors (Lipinski definition) is 2. The number of ether oxygens (including phenoxy) is 1. The Bertz CT molecular complexity index is 801. The van der Waals surface area contributed by atoms with Crippen LogP contribution in [0.5, 0.6) is 0 Å². The van der Waals surface area contributed by atoms with E-state index in [-0.39, 0.29) is 6.04 Å². The lowest BCUT2D eigenvalue weighted by atomic mass is 10.0. The largest absolute Gasteiger partial charge is 0.465 e. The molecule has 1 aliphatic heterocycles. The molecule has 1 saturated heterocycles. The van der Waals surface area contributed by atoms with Gasteiger partial charge in [-0.2, -0.15) is 11.3 Å². The van der Waals surface area contributed by atoms with Crippen molar-refractivity contribution in [2.75, 3.05) is 32.1 Å². The van der Waals surface area contributed by atoms with Gasteiger partial charge in [-0.3, -0.25) is 14.5 Å². The summed E-state index contributed by atoms with van der Waals surface area (Å²) in [6, 6.07) is 8.27. The summed E-state index contributed by atoms with van der Waals surface area (Å²) in [5, 5.41) is 9.32. The zero-order chi connectivity index (χ0) is 19.2. The van der Waals surface area contributed by atoms with E-state index in [1.54, 1.807) is 23.5 Å². The molecule has 1 aromatic carbocycles. The van der Waals surface area contributed by atoms with Crippen LogP contribution in [-0.4, -0.2) is 49.4 Å². The monoisotopic (exact) mass is 387 g/mol. The van der Waals surface area contributed by atoms with Crippen molar-refractivity contribution < 1.29 is 19.1 Å². The molecule has 1 fully saturated rings. The minimum atomic E-state index is -0.742. The number of hydrogen-bond acceptors (Lipinski definition) is 6. The molecule has 1 aliphatic rings. The number of rotatable bonds is 6. The minimum Gasteiger partial charge on any atom is -0.465 e. The van der Waals surface area contributed by atoms with Gasteiger partial charge in [0, 0.05) is 25.3 Å². The molecule has 0 radical (unpaired) electrons. The molecule has 0 bridgehead atoms. The maximum atomic E-state index is 12.2. The molecule has 2 N–H and O–H groups in total. The van der Waals surface area contributed by atoms with Crippen LogP contribution < -0.4 is 10.6 Å². The number of nitrogens with zero attached hydrogens (tertiary/aromatic N) is 1. The molecule has 7 nitrogen and oxygen atoms in total. The third-order valence-electron chi connectivity index (χ3n) is 4.49. The maximum Gasteiger partial charge on any atom is 0.337 e. The molecular weight excluding hydrogens is 366 g/mol. The highest BCUT2D eigenvalue weighted by molar-refractivity contribution is 7.08. The Morgan fingerprint density at radius 3 is 2.44 bits per heavy atom. The zero-order valence-electron chi connectivity index (χ0n) is 14.9. The van der Waals surface area contributed by atoms with Gasteiger partial charge in [-0.05, 0) is 53.1 Å². The van der Waals surface area contributed by atoms with E-state index >= 15 is 0 Å². The first-order valence-electron chi connectivity index (χ1n) is 8.62. The molecule has 2 heterocycles. The number of likely N-dealkylation sites (tertiary alicyclic amines) is 1. The molecular formula is C19H21N3O4S. The molecule has 27 heavy (non-hydrogen) atoms. The van der Waals surface area contributed by atoms with E-state index in [2.05, 4.69) is 25.7 Å². The Hall–Kier alpha value is -2.71. The second kappa shape index (κ2) is 8.79. The number of carbonyl (C=O) groups excluding carboxylic acids is 3. The highest BCUT2D eigenvalue weighted by Crippen LogP contribution is 2.26. The Morgan fingerprint density at radius 1 is 1.15 bits per heavy atom. The van der Waals surface area contributed by atoms with E-state index in [9.17, 15) is 14.4 Å². The fourth-order valence-electron chi connectivity index (χ4n) is 2.84. The summed E-state index contributed by atoms with van der Waals surface area (Å²) in [6.45, 7) is 2.37. The minimum absolute atomic E-state index is 0.0843. The number of amides is 2. The van der Waals surface area contributed by atoms with Crippen molar-refractivity contribution in [2.24, 2.45) is 0 Å². The van der Waals surface area contributed by atoms with Crippen molar-refractivity contribution in [1.82, 2.24) is 10.2 Å². The molecule has 0 spiro atoms. The predicted octanol–water partition coefficient (Wildman–Crippen LogP) is 2.04. The lowest BCUT2D eigenvalue weighted by molar-refractivity contribution is -0.136. The Kier molecular flexibility index (Phi) is 6.20. The molecule has 0 aliphatic carbocycles. The summed E-state index contributed by atoms with van der Waals surface area (Å²) >= 11 is 1.62. The van der Waals surface area contributed by atoms with Crippen molar-refractivity contribution in [3.63, 3.8) is 0 Å². The molecule has 3 rings (SSSR count). The standard InChI is InChI=1S/C19H21N3O4S/c1-26-19(25)13-3-5-15(6-4-13)21-18(24)17(23)20-11-16(22-8-2-9-22)14-7-10-27-12-14/h3-7,10,12,16H,2,8-9,11H2,1H3,(H,20,23)(H,21,24)/t16-/m0/s1. The normalized spacial score (nSPS) is 14.7. The number of benzene rings is 1. The van der Waals surface area contributed by atoms with Crippen molar-refractivity contribution in [2.45, 2.75) is 12.5 Å². The lowest BCUT2D eigenvalue weighted by Gasteiger charge is -2.38. The van der Waals surface area contributed by atoms with Gasteiger partial charge in [-0.15, -0.1) is 0 Å². The van der Waals surface area contributed by atoms with Crippen molar-refractivity contribution in [3.8, 4) is 0 Å². The highest BCUT2D eigenvalue weighted by Gasteiger charge is 2.27. The van der Waals surface area contributed by atoms with Crippen LogP contribution in [0.4, 0.5) is 5.69 Å². The van der Waals surface area contributed by atoms with Crippen LogP contribution in [0.15, 0.2) is 41.1 Å². The first-order valence-corrected chi connectivity index (χ1v) is 9.56. The summed E-state index contributed by atoms with van der Waals surface area (Å²) in [6.07, 6.45) is 1.15. The first kappa shape index (κ1) is 19.1. The van der Waals surface area contributed by atoms with Gasteiger partial charge in [-0.1, -0.05) is 0 Å². The molecule has 8 heteroatoms. The number of thiophene rings is 1. The Labute approximate surface area is 161 Å². The van der Waals surface area contributed by atoms with Crippen LogP contribution >= 0.6 is 11.3 Å². The van der Waals surface area contributed by atoms with Gasteiger partial charge in [0.25, 0.3) is 0 Å². The third kappa shape index (κ3) is 4.72. The second-order valence-corrected chi connectivity index (χ2v) is 6.98. The molecule has 0 unspecified atom stereocenters. The van der Waals surface area contributed by atoms with E-state index in [1.165, 1.54) is 19.2 Å². The number of carbonyl (C=O) groups is 3. The quantitative estimate of drug-likeness (QED) is 0.585. The highest BCUT2D eigenvalue weighted by atomic mass is 32.1. The number of esters is 1. The Balaban J connectivity index is 1.54. The van der Waals surface area contributed by atoms with Gasteiger partial charge < -0.3 is 15.4 Å². The summed E-state index contributed by atoms with van der Waals surface area (Å²) in [4.78, 5) is 38.0. The summed E-state index contributed by atoms with van der Waals surface area (Å²) in [7, 11) is 1.30.